The highest BCUT2D eigenvalue weighted by Crippen LogP contribution is 2.36. The zero-order valence-corrected chi connectivity index (χ0v) is 24.3. The van der Waals surface area contributed by atoms with Crippen molar-refractivity contribution in [2.75, 3.05) is 45.2 Å². The number of anilines is 1. The summed E-state index contributed by atoms with van der Waals surface area (Å²) >= 11 is 6.64. The molecule has 0 bridgehead atoms. The van der Waals surface area contributed by atoms with Gasteiger partial charge < -0.3 is 34.6 Å². The van der Waals surface area contributed by atoms with Crippen LogP contribution >= 0.6 is 11.6 Å². The van der Waals surface area contributed by atoms with Crippen LogP contribution in [-0.4, -0.2) is 83.3 Å². The highest BCUT2D eigenvalue weighted by Gasteiger charge is 2.30. The Bertz CT molecular complexity index is 1310. The van der Waals surface area contributed by atoms with Crippen molar-refractivity contribution in [2.45, 2.75) is 52.7 Å². The molecule has 0 saturated carbocycles. The molecule has 40 heavy (non-hydrogen) atoms. The van der Waals surface area contributed by atoms with Crippen molar-refractivity contribution >= 4 is 23.5 Å². The van der Waals surface area contributed by atoms with Crippen molar-refractivity contribution in [1.29, 1.82) is 0 Å². The molecule has 1 aromatic carbocycles. The molecule has 2 aromatic heterocycles. The van der Waals surface area contributed by atoms with Gasteiger partial charge in [0.05, 0.1) is 34.6 Å². The maximum atomic E-state index is 12.4. The second-order valence-electron chi connectivity index (χ2n) is 9.80. The number of halogens is 1. The zero-order valence-electron chi connectivity index (χ0n) is 23.6. The van der Waals surface area contributed by atoms with Crippen molar-refractivity contribution in [3.05, 3.63) is 40.2 Å². The van der Waals surface area contributed by atoms with Crippen molar-refractivity contribution in [3.8, 4) is 28.4 Å². The highest BCUT2D eigenvalue weighted by molar-refractivity contribution is 6.33. The van der Waals surface area contributed by atoms with E-state index in [2.05, 4.69) is 15.8 Å². The molecule has 2 unspecified atom stereocenters. The first kappa shape index (κ1) is 29.6. The molecule has 11 nitrogen and oxygen atoms in total. The van der Waals surface area contributed by atoms with Gasteiger partial charge in [-0.15, -0.1) is 0 Å². The van der Waals surface area contributed by atoms with E-state index in [9.17, 15) is 9.90 Å². The SMILES string of the molecule is CCOC(=O)N1CCCC1CNc1nc(-c2cc(OCC(O)CNC)ccc2Cl)nc(-c2c(C)noc2C)c1C. The number of nitrogens with zero attached hydrogens (tertiary/aromatic N) is 4. The van der Waals surface area contributed by atoms with E-state index in [1.165, 1.54) is 0 Å². The Morgan fingerprint density at radius 2 is 2.10 bits per heavy atom. The normalized spacial score (nSPS) is 15.8. The molecule has 216 valence electrons. The molecule has 1 aliphatic rings. The molecule has 12 heteroatoms. The second kappa shape index (κ2) is 13.3. The Morgan fingerprint density at radius 1 is 1.30 bits per heavy atom. The van der Waals surface area contributed by atoms with Crippen LogP contribution in [0.1, 0.15) is 36.8 Å². The number of rotatable bonds is 11. The molecule has 0 aliphatic carbocycles. The minimum atomic E-state index is -0.661. The van der Waals surface area contributed by atoms with Crippen molar-refractivity contribution in [1.82, 2.24) is 25.3 Å². The van der Waals surface area contributed by atoms with Crippen LogP contribution in [0.15, 0.2) is 22.7 Å². The van der Waals surface area contributed by atoms with Crippen LogP contribution in [0, 0.1) is 20.8 Å². The quantitative estimate of drug-likeness (QED) is 0.304. The molecule has 3 aromatic rings. The second-order valence-corrected chi connectivity index (χ2v) is 10.2. The number of aliphatic hydroxyl groups excluding tert-OH is 1. The molecule has 1 aliphatic heterocycles. The van der Waals surface area contributed by atoms with Gasteiger partial charge >= 0.3 is 6.09 Å². The number of likely N-dealkylation sites (N-methyl/N-ethyl adjacent to an activating group) is 1. The Morgan fingerprint density at radius 3 is 2.80 bits per heavy atom. The van der Waals surface area contributed by atoms with Gasteiger partial charge in [0.15, 0.2) is 5.82 Å². The summed E-state index contributed by atoms with van der Waals surface area (Å²) in [6.07, 6.45) is 0.817. The standard InChI is InChI=1S/C28H37ClN6O5/c1-6-38-28(37)35-11-7-8-19(35)13-31-26-16(2)25(24-17(3)34-40-18(24)4)32-27(33-26)22-12-21(9-10-23(22)29)39-15-20(36)14-30-5/h9-10,12,19-20,30,36H,6-8,11,13-15H2,1-5H3,(H,31,32,33). The zero-order chi connectivity index (χ0) is 28.8. The van der Waals surface area contributed by atoms with E-state index in [1.54, 1.807) is 37.1 Å². The van der Waals surface area contributed by atoms with Gasteiger partial charge in [0.25, 0.3) is 0 Å². The van der Waals surface area contributed by atoms with E-state index in [4.69, 9.17) is 35.6 Å². The number of carbonyl (C=O) groups is 1. The van der Waals surface area contributed by atoms with Crippen molar-refractivity contribution in [3.63, 3.8) is 0 Å². The van der Waals surface area contributed by atoms with Gasteiger partial charge in [-0.25, -0.2) is 14.8 Å². The lowest BCUT2D eigenvalue weighted by Gasteiger charge is -2.25. The van der Waals surface area contributed by atoms with Crippen molar-refractivity contribution in [2.24, 2.45) is 0 Å². The predicted octanol–water partition coefficient (Wildman–Crippen LogP) is 4.37. The number of hydrogen-bond donors (Lipinski definition) is 3. The summed E-state index contributed by atoms with van der Waals surface area (Å²) in [4.78, 5) is 24.0. The topological polar surface area (TPSA) is 135 Å². The summed E-state index contributed by atoms with van der Waals surface area (Å²) in [5.74, 6) is 2.18. The lowest BCUT2D eigenvalue weighted by Crippen LogP contribution is -2.40. The predicted molar refractivity (Wildman–Crippen MR) is 153 cm³/mol. The number of amides is 1. The third-order valence-electron chi connectivity index (χ3n) is 6.86. The summed E-state index contributed by atoms with van der Waals surface area (Å²) < 4.78 is 16.5. The monoisotopic (exact) mass is 572 g/mol. The van der Waals surface area contributed by atoms with Crippen LogP contribution in [0.3, 0.4) is 0 Å². The van der Waals surface area contributed by atoms with Crippen LogP contribution in [0.25, 0.3) is 22.6 Å². The van der Waals surface area contributed by atoms with E-state index in [-0.39, 0.29) is 18.7 Å². The van der Waals surface area contributed by atoms with Crippen LogP contribution < -0.4 is 15.4 Å². The Hall–Kier alpha value is -3.41. The minimum Gasteiger partial charge on any atom is -0.491 e. The van der Waals surface area contributed by atoms with E-state index >= 15 is 0 Å². The maximum Gasteiger partial charge on any atom is 0.410 e. The van der Waals surface area contributed by atoms with Crippen LogP contribution in [-0.2, 0) is 4.74 Å². The van der Waals surface area contributed by atoms with E-state index in [1.807, 2.05) is 20.8 Å². The Labute approximate surface area is 239 Å². The van der Waals surface area contributed by atoms with Crippen LogP contribution in [0.5, 0.6) is 5.75 Å². The van der Waals surface area contributed by atoms with Gasteiger partial charge in [-0.2, -0.15) is 0 Å². The summed E-state index contributed by atoms with van der Waals surface area (Å²) in [6, 6.07) is 5.20. The number of carbonyl (C=O) groups excluding carboxylic acids is 1. The summed E-state index contributed by atoms with van der Waals surface area (Å²) in [6.45, 7) is 9.48. The van der Waals surface area contributed by atoms with Gasteiger partial charge in [0, 0.05) is 30.8 Å². The van der Waals surface area contributed by atoms with Gasteiger partial charge in [-0.1, -0.05) is 16.8 Å². The molecule has 2 atom stereocenters. The highest BCUT2D eigenvalue weighted by atomic mass is 35.5. The molecular weight excluding hydrogens is 536 g/mol. The Kier molecular flexibility index (Phi) is 9.83. The number of aromatic nitrogens is 3. The molecule has 1 saturated heterocycles. The lowest BCUT2D eigenvalue weighted by atomic mass is 10.0. The molecule has 0 radical (unpaired) electrons. The first-order chi connectivity index (χ1) is 19.2. The van der Waals surface area contributed by atoms with E-state index < -0.39 is 6.10 Å². The van der Waals surface area contributed by atoms with Crippen molar-refractivity contribution < 1.29 is 23.9 Å². The summed E-state index contributed by atoms with van der Waals surface area (Å²) in [5.41, 5.74) is 3.56. The van der Waals surface area contributed by atoms with E-state index in [0.717, 1.165) is 24.0 Å². The molecule has 3 heterocycles. The van der Waals surface area contributed by atoms with Gasteiger partial charge in [0.2, 0.25) is 0 Å². The van der Waals surface area contributed by atoms with Gasteiger partial charge in [-0.05, 0) is 65.8 Å². The number of hydrogen-bond acceptors (Lipinski definition) is 10. The molecule has 4 rings (SSSR count). The average Bonchev–Trinajstić information content (AvgIpc) is 3.54. The molecule has 3 N–H and O–H groups in total. The summed E-state index contributed by atoms with van der Waals surface area (Å²) in [5, 5.41) is 21.0. The molecule has 0 spiro atoms. The number of benzene rings is 1. The molecular formula is C28H37ClN6O5. The fourth-order valence-electron chi connectivity index (χ4n) is 4.84. The minimum absolute atomic E-state index is 0.0243. The number of ether oxygens (including phenoxy) is 2. The number of nitrogens with one attached hydrogen (secondary N) is 2. The average molecular weight is 573 g/mol. The third-order valence-corrected chi connectivity index (χ3v) is 7.19. The summed E-state index contributed by atoms with van der Waals surface area (Å²) in [7, 11) is 1.77. The maximum absolute atomic E-state index is 12.4. The largest absolute Gasteiger partial charge is 0.491 e. The van der Waals surface area contributed by atoms with E-state index in [0.29, 0.717) is 71.4 Å². The number of aliphatic hydroxyl groups is 1. The fraction of sp³-hybridized carbons (Fsp3) is 0.500. The first-order valence-corrected chi connectivity index (χ1v) is 13.9. The molecule has 1 fully saturated rings. The first-order valence-electron chi connectivity index (χ1n) is 13.5. The van der Waals surface area contributed by atoms with Gasteiger partial charge in [0.1, 0.15) is 30.0 Å². The van der Waals surface area contributed by atoms with Gasteiger partial charge in [-0.3, -0.25) is 0 Å². The third kappa shape index (κ3) is 6.65. The molecule has 1 amide bonds. The Balaban J connectivity index is 1.70. The number of likely N-dealkylation sites (tertiary alicyclic amines) is 1. The van der Waals surface area contributed by atoms with Crippen LogP contribution in [0.4, 0.5) is 10.6 Å². The van der Waals surface area contributed by atoms with Crippen LogP contribution in [0.2, 0.25) is 5.02 Å². The lowest BCUT2D eigenvalue weighted by molar-refractivity contribution is 0.104. The number of aryl methyl sites for hydroxylation is 2. The smallest absolute Gasteiger partial charge is 0.410 e. The fourth-order valence-corrected chi connectivity index (χ4v) is 5.04.